The summed E-state index contributed by atoms with van der Waals surface area (Å²) in [6.45, 7) is 2.53. The van der Waals surface area contributed by atoms with Crippen LogP contribution in [0.4, 0.5) is 5.69 Å². The van der Waals surface area contributed by atoms with Crippen LogP contribution in [0.5, 0.6) is 0 Å². The molecule has 0 saturated heterocycles. The molecule has 2 heterocycles. The number of nitrogens with zero attached hydrogens (tertiary/aromatic N) is 2. The molecular formula is C23H25N3O2. The van der Waals surface area contributed by atoms with Gasteiger partial charge in [0, 0.05) is 18.3 Å². The Morgan fingerprint density at radius 2 is 2.04 bits per heavy atom. The fourth-order valence-electron chi connectivity index (χ4n) is 4.24. The van der Waals surface area contributed by atoms with Crippen LogP contribution in [0.15, 0.2) is 59.9 Å². The van der Waals surface area contributed by atoms with E-state index in [1.54, 1.807) is 12.4 Å². The molecule has 1 N–H and O–H groups in total. The highest BCUT2D eigenvalue weighted by Crippen LogP contribution is 2.38. The number of rotatable bonds is 5. The molecule has 1 aromatic carbocycles. The maximum atomic E-state index is 13.2. The standard InChI is InChI=1S/C23H25N3O2/c1-16-11-12-24-14-20(16)25-22(27)13-19-18-9-5-6-10-21(18)26(23(19)28)15-17-7-3-2-4-8-17/h2-4,7-8,11-12,14,21H,5-6,9-10,13,15H2,1H3,(H,25,27). The third-order valence-corrected chi connectivity index (χ3v) is 5.71. The van der Waals surface area contributed by atoms with E-state index in [2.05, 4.69) is 10.3 Å². The number of nitrogens with one attached hydrogen (secondary N) is 1. The lowest BCUT2D eigenvalue weighted by atomic mass is 9.88. The van der Waals surface area contributed by atoms with Crippen molar-refractivity contribution in [2.75, 3.05) is 5.32 Å². The molecule has 5 heteroatoms. The molecule has 1 aliphatic heterocycles. The predicted octanol–water partition coefficient (Wildman–Crippen LogP) is 4.00. The summed E-state index contributed by atoms with van der Waals surface area (Å²) in [7, 11) is 0. The number of hydrogen-bond acceptors (Lipinski definition) is 3. The number of anilines is 1. The fraction of sp³-hybridized carbons (Fsp3) is 0.348. The summed E-state index contributed by atoms with van der Waals surface area (Å²) in [5.74, 6) is -0.137. The van der Waals surface area contributed by atoms with Crippen LogP contribution in [0.3, 0.4) is 0 Å². The van der Waals surface area contributed by atoms with E-state index in [4.69, 9.17) is 0 Å². The van der Waals surface area contributed by atoms with E-state index in [9.17, 15) is 9.59 Å². The van der Waals surface area contributed by atoms with Crippen LogP contribution in [0.25, 0.3) is 0 Å². The van der Waals surface area contributed by atoms with E-state index < -0.39 is 0 Å². The molecule has 2 aliphatic rings. The Labute approximate surface area is 165 Å². The Morgan fingerprint density at radius 3 is 2.82 bits per heavy atom. The predicted molar refractivity (Wildman–Crippen MR) is 108 cm³/mol. The van der Waals surface area contributed by atoms with Crippen molar-refractivity contribution in [3.8, 4) is 0 Å². The Hall–Kier alpha value is -2.95. The first kappa shape index (κ1) is 18.4. The molecule has 1 unspecified atom stereocenters. The van der Waals surface area contributed by atoms with Crippen LogP contribution < -0.4 is 5.32 Å². The maximum Gasteiger partial charge on any atom is 0.251 e. The van der Waals surface area contributed by atoms with Gasteiger partial charge < -0.3 is 10.2 Å². The number of aryl methyl sites for hydroxylation is 1. The molecule has 0 spiro atoms. The second kappa shape index (κ2) is 7.97. The van der Waals surface area contributed by atoms with Crippen molar-refractivity contribution < 1.29 is 9.59 Å². The summed E-state index contributed by atoms with van der Waals surface area (Å²) in [4.78, 5) is 31.9. The van der Waals surface area contributed by atoms with Gasteiger partial charge in [0.2, 0.25) is 5.91 Å². The number of carbonyl (C=O) groups is 2. The largest absolute Gasteiger partial charge is 0.328 e. The van der Waals surface area contributed by atoms with Crippen LogP contribution in [0.1, 0.15) is 43.2 Å². The highest BCUT2D eigenvalue weighted by molar-refractivity contribution is 6.05. The molecule has 0 radical (unpaired) electrons. The van der Waals surface area contributed by atoms with Gasteiger partial charge in [-0.2, -0.15) is 0 Å². The van der Waals surface area contributed by atoms with Gasteiger partial charge in [0.25, 0.3) is 5.91 Å². The van der Waals surface area contributed by atoms with E-state index in [0.717, 1.165) is 36.8 Å². The molecule has 1 fully saturated rings. The Balaban J connectivity index is 1.52. The number of aromatic nitrogens is 1. The number of hydrogen-bond donors (Lipinski definition) is 1. The topological polar surface area (TPSA) is 62.3 Å². The molecule has 1 aliphatic carbocycles. The lowest BCUT2D eigenvalue weighted by Crippen LogP contribution is -2.36. The zero-order chi connectivity index (χ0) is 19.5. The average molecular weight is 375 g/mol. The molecule has 28 heavy (non-hydrogen) atoms. The zero-order valence-corrected chi connectivity index (χ0v) is 16.1. The van der Waals surface area contributed by atoms with Gasteiger partial charge in [0.15, 0.2) is 0 Å². The van der Waals surface area contributed by atoms with E-state index >= 15 is 0 Å². The molecule has 1 saturated carbocycles. The Bertz CT molecular complexity index is 920. The van der Waals surface area contributed by atoms with Crippen LogP contribution >= 0.6 is 0 Å². The molecule has 4 rings (SSSR count). The molecule has 144 valence electrons. The summed E-state index contributed by atoms with van der Waals surface area (Å²) in [5, 5.41) is 2.91. The van der Waals surface area contributed by atoms with Crippen molar-refractivity contribution >= 4 is 17.5 Å². The van der Waals surface area contributed by atoms with Gasteiger partial charge in [0.05, 0.1) is 24.3 Å². The van der Waals surface area contributed by atoms with Crippen molar-refractivity contribution in [2.24, 2.45) is 0 Å². The summed E-state index contributed by atoms with van der Waals surface area (Å²) in [5.41, 5.74) is 4.65. The highest BCUT2D eigenvalue weighted by Gasteiger charge is 2.40. The van der Waals surface area contributed by atoms with Crippen molar-refractivity contribution in [2.45, 2.75) is 51.6 Å². The smallest absolute Gasteiger partial charge is 0.251 e. The minimum atomic E-state index is -0.155. The monoisotopic (exact) mass is 375 g/mol. The van der Waals surface area contributed by atoms with Crippen LogP contribution in [-0.2, 0) is 16.1 Å². The Morgan fingerprint density at radius 1 is 1.21 bits per heavy atom. The second-order valence-electron chi connectivity index (χ2n) is 7.60. The third-order valence-electron chi connectivity index (χ3n) is 5.71. The first-order valence-corrected chi connectivity index (χ1v) is 9.91. The average Bonchev–Trinajstić information content (AvgIpc) is 2.96. The van der Waals surface area contributed by atoms with Crippen molar-refractivity contribution in [3.63, 3.8) is 0 Å². The molecule has 5 nitrogen and oxygen atoms in total. The SMILES string of the molecule is Cc1ccncc1NC(=O)CC1=C2CCCCC2N(Cc2ccccc2)C1=O. The van der Waals surface area contributed by atoms with Crippen LogP contribution in [-0.4, -0.2) is 27.7 Å². The molecular weight excluding hydrogens is 350 g/mol. The number of pyridine rings is 1. The normalized spacial score (nSPS) is 19.0. The summed E-state index contributed by atoms with van der Waals surface area (Å²) < 4.78 is 0. The van der Waals surface area contributed by atoms with E-state index in [0.29, 0.717) is 17.8 Å². The highest BCUT2D eigenvalue weighted by atomic mass is 16.2. The zero-order valence-electron chi connectivity index (χ0n) is 16.1. The van der Waals surface area contributed by atoms with Crippen LogP contribution in [0.2, 0.25) is 0 Å². The lowest BCUT2D eigenvalue weighted by molar-refractivity contribution is -0.129. The van der Waals surface area contributed by atoms with Gasteiger partial charge >= 0.3 is 0 Å². The van der Waals surface area contributed by atoms with Crippen molar-refractivity contribution in [3.05, 3.63) is 71.1 Å². The van der Waals surface area contributed by atoms with Gasteiger partial charge in [-0.1, -0.05) is 36.8 Å². The van der Waals surface area contributed by atoms with E-state index in [-0.39, 0.29) is 24.3 Å². The van der Waals surface area contributed by atoms with Crippen molar-refractivity contribution in [1.82, 2.24) is 9.88 Å². The van der Waals surface area contributed by atoms with Gasteiger partial charge in [-0.3, -0.25) is 14.6 Å². The third kappa shape index (κ3) is 3.70. The molecule has 0 bridgehead atoms. The second-order valence-corrected chi connectivity index (χ2v) is 7.60. The van der Waals surface area contributed by atoms with Gasteiger partial charge in [-0.15, -0.1) is 0 Å². The number of benzene rings is 1. The van der Waals surface area contributed by atoms with Gasteiger partial charge in [0.1, 0.15) is 0 Å². The van der Waals surface area contributed by atoms with Crippen molar-refractivity contribution in [1.29, 1.82) is 0 Å². The number of carbonyl (C=O) groups excluding carboxylic acids is 2. The van der Waals surface area contributed by atoms with E-state index in [1.165, 1.54) is 5.57 Å². The molecule has 1 aromatic heterocycles. The summed E-state index contributed by atoms with van der Waals surface area (Å²) in [6, 6.07) is 12.1. The van der Waals surface area contributed by atoms with Crippen LogP contribution in [0, 0.1) is 6.92 Å². The summed E-state index contributed by atoms with van der Waals surface area (Å²) >= 11 is 0. The lowest BCUT2D eigenvalue weighted by Gasteiger charge is -2.30. The summed E-state index contributed by atoms with van der Waals surface area (Å²) in [6.07, 6.45) is 7.59. The Kier molecular flexibility index (Phi) is 5.24. The molecule has 2 aromatic rings. The molecule has 1 atom stereocenters. The quantitative estimate of drug-likeness (QED) is 0.859. The minimum Gasteiger partial charge on any atom is -0.328 e. The minimum absolute atomic E-state index is 0.0174. The van der Waals surface area contributed by atoms with Gasteiger partial charge in [-0.25, -0.2) is 0 Å². The number of fused-ring (bicyclic) bond motifs is 1. The first-order chi connectivity index (χ1) is 13.6. The maximum absolute atomic E-state index is 13.2. The fourth-order valence-corrected chi connectivity index (χ4v) is 4.24. The molecule has 2 amide bonds. The number of amides is 2. The first-order valence-electron chi connectivity index (χ1n) is 9.91. The van der Waals surface area contributed by atoms with Gasteiger partial charge in [-0.05, 0) is 49.0 Å². The van der Waals surface area contributed by atoms with E-state index in [1.807, 2.05) is 48.2 Å².